The first-order chi connectivity index (χ1) is 14.7. The highest BCUT2D eigenvalue weighted by Gasteiger charge is 2.35. The minimum Gasteiger partial charge on any atom is -0.326 e. The minimum atomic E-state index is -3.60. The lowest BCUT2D eigenvalue weighted by Crippen LogP contribution is -2.32. The maximum absolute atomic E-state index is 12.7. The van der Waals surface area contributed by atoms with Crippen molar-refractivity contribution in [2.75, 3.05) is 16.8 Å². The number of nitrogens with one attached hydrogen (secondary N) is 2. The fourth-order valence-corrected chi connectivity index (χ4v) is 4.75. The first-order valence-corrected chi connectivity index (χ1v) is 12.0. The Balaban J connectivity index is 1.63. The van der Waals surface area contributed by atoms with Gasteiger partial charge in [-0.15, -0.1) is 0 Å². The predicted molar refractivity (Wildman–Crippen MR) is 121 cm³/mol. The molecule has 31 heavy (non-hydrogen) atoms. The first-order valence-electron chi connectivity index (χ1n) is 10.6. The van der Waals surface area contributed by atoms with Gasteiger partial charge in [0.1, 0.15) is 0 Å². The maximum Gasteiger partial charge on any atom is 0.240 e. The van der Waals surface area contributed by atoms with Crippen LogP contribution in [0.3, 0.4) is 0 Å². The van der Waals surface area contributed by atoms with Crippen LogP contribution in [0.2, 0.25) is 0 Å². The van der Waals surface area contributed by atoms with Gasteiger partial charge in [0.05, 0.1) is 10.8 Å². The molecule has 0 unspecified atom stereocenters. The molecule has 7 nitrogen and oxygen atoms in total. The van der Waals surface area contributed by atoms with Gasteiger partial charge < -0.3 is 10.2 Å². The Morgan fingerprint density at radius 2 is 1.74 bits per heavy atom. The van der Waals surface area contributed by atoms with Gasteiger partial charge in [-0.2, -0.15) is 0 Å². The van der Waals surface area contributed by atoms with Gasteiger partial charge in [-0.3, -0.25) is 9.59 Å². The molecule has 0 spiro atoms. The molecule has 166 valence electrons. The highest BCUT2D eigenvalue weighted by atomic mass is 32.2. The van der Waals surface area contributed by atoms with E-state index in [1.807, 2.05) is 31.2 Å². The molecule has 2 aromatic rings. The number of carbonyl (C=O) groups excluding carboxylic acids is 2. The fraction of sp³-hybridized carbons (Fsp3) is 0.391. The fourth-order valence-electron chi connectivity index (χ4n) is 3.42. The quantitative estimate of drug-likeness (QED) is 0.654. The van der Waals surface area contributed by atoms with Crippen molar-refractivity contribution in [1.29, 1.82) is 0 Å². The molecule has 2 atom stereocenters. The number of nitrogens with zero attached hydrogens (tertiary/aromatic N) is 1. The van der Waals surface area contributed by atoms with E-state index in [1.54, 1.807) is 24.0 Å². The van der Waals surface area contributed by atoms with Gasteiger partial charge in [0.25, 0.3) is 0 Å². The summed E-state index contributed by atoms with van der Waals surface area (Å²) < 4.78 is 27.3. The van der Waals surface area contributed by atoms with Gasteiger partial charge in [-0.1, -0.05) is 26.0 Å². The molecular formula is C23H29N3O4S. The van der Waals surface area contributed by atoms with E-state index in [0.717, 1.165) is 12.1 Å². The molecule has 0 radical (unpaired) electrons. The summed E-state index contributed by atoms with van der Waals surface area (Å²) in [5.74, 6) is -0.801. The van der Waals surface area contributed by atoms with Crippen molar-refractivity contribution >= 4 is 33.2 Å². The van der Waals surface area contributed by atoms with Crippen LogP contribution in [0.4, 0.5) is 11.4 Å². The average Bonchev–Trinajstić information content (AvgIpc) is 3.15. The Morgan fingerprint density at radius 1 is 1.10 bits per heavy atom. The molecule has 1 fully saturated rings. The zero-order valence-corrected chi connectivity index (χ0v) is 18.9. The number of carbonyl (C=O) groups is 2. The summed E-state index contributed by atoms with van der Waals surface area (Å²) in [6, 6.07) is 13.7. The molecular weight excluding hydrogens is 414 g/mol. The van der Waals surface area contributed by atoms with E-state index in [9.17, 15) is 18.0 Å². The number of benzene rings is 2. The number of hydrogen-bond donors (Lipinski definition) is 2. The van der Waals surface area contributed by atoms with Crippen molar-refractivity contribution in [3.05, 3.63) is 54.1 Å². The summed E-state index contributed by atoms with van der Waals surface area (Å²) in [6.07, 6.45) is 1.76. The third-order valence-corrected chi connectivity index (χ3v) is 7.16. The molecule has 3 rings (SSSR count). The number of sulfonamides is 1. The minimum absolute atomic E-state index is 0.0815. The number of aryl methyl sites for hydroxylation is 1. The molecule has 1 aliphatic rings. The first kappa shape index (κ1) is 23.0. The summed E-state index contributed by atoms with van der Waals surface area (Å²) in [7, 11) is -3.60. The molecule has 0 aliphatic carbocycles. The predicted octanol–water partition coefficient (Wildman–Crippen LogP) is 3.32. The van der Waals surface area contributed by atoms with Gasteiger partial charge in [0.15, 0.2) is 0 Å². The van der Waals surface area contributed by atoms with E-state index in [4.69, 9.17) is 0 Å². The Kier molecular flexibility index (Phi) is 7.12. The van der Waals surface area contributed by atoms with Crippen LogP contribution in [-0.4, -0.2) is 32.8 Å². The van der Waals surface area contributed by atoms with Crippen molar-refractivity contribution in [1.82, 2.24) is 4.72 Å². The molecule has 1 aliphatic heterocycles. The maximum atomic E-state index is 12.7. The lowest BCUT2D eigenvalue weighted by Gasteiger charge is -2.17. The smallest absolute Gasteiger partial charge is 0.240 e. The monoisotopic (exact) mass is 443 g/mol. The molecule has 0 aromatic heterocycles. The van der Waals surface area contributed by atoms with Crippen LogP contribution >= 0.6 is 0 Å². The van der Waals surface area contributed by atoms with Gasteiger partial charge >= 0.3 is 0 Å². The Labute approximate surface area is 183 Å². The second-order valence-electron chi connectivity index (χ2n) is 7.87. The highest BCUT2D eigenvalue weighted by molar-refractivity contribution is 7.89. The molecule has 2 N–H and O–H groups in total. The topological polar surface area (TPSA) is 95.6 Å². The average molecular weight is 444 g/mol. The third kappa shape index (κ3) is 5.51. The van der Waals surface area contributed by atoms with Crippen LogP contribution in [0.5, 0.6) is 0 Å². The van der Waals surface area contributed by atoms with E-state index in [0.29, 0.717) is 18.7 Å². The Hall–Kier alpha value is -2.71. The van der Waals surface area contributed by atoms with Gasteiger partial charge in [0.2, 0.25) is 21.8 Å². The molecule has 2 amide bonds. The van der Waals surface area contributed by atoms with Crippen LogP contribution in [-0.2, 0) is 26.0 Å². The van der Waals surface area contributed by atoms with E-state index >= 15 is 0 Å². The third-order valence-electron chi connectivity index (χ3n) is 5.55. The summed E-state index contributed by atoms with van der Waals surface area (Å²) >= 11 is 0. The van der Waals surface area contributed by atoms with Crippen molar-refractivity contribution in [2.45, 2.75) is 51.0 Å². The summed E-state index contributed by atoms with van der Waals surface area (Å²) in [5, 5.41) is 2.79. The summed E-state index contributed by atoms with van der Waals surface area (Å²) in [4.78, 5) is 26.9. The van der Waals surface area contributed by atoms with Crippen LogP contribution < -0.4 is 14.9 Å². The molecule has 0 saturated carbocycles. The van der Waals surface area contributed by atoms with Gasteiger partial charge in [-0.05, 0) is 61.7 Å². The lowest BCUT2D eigenvalue weighted by atomic mass is 10.1. The molecule has 0 bridgehead atoms. The standard InChI is InChI=1S/C23H29N3O4S/c1-4-16(3)25-31(29,30)21-12-8-19(9-13-21)24-23(28)18-14-22(27)26(15-18)20-10-6-17(5-2)7-11-20/h6-13,16,18,25H,4-5,14-15H2,1-3H3,(H,24,28)/t16-,18-/m0/s1. The van der Waals surface area contributed by atoms with E-state index < -0.39 is 15.9 Å². The van der Waals surface area contributed by atoms with Crippen LogP contribution in [0.15, 0.2) is 53.4 Å². The summed E-state index contributed by atoms with van der Waals surface area (Å²) in [5.41, 5.74) is 2.47. The molecule has 8 heteroatoms. The zero-order valence-electron chi connectivity index (χ0n) is 18.1. The summed E-state index contributed by atoms with van der Waals surface area (Å²) in [6.45, 7) is 6.10. The van der Waals surface area contributed by atoms with E-state index in [-0.39, 0.29) is 29.2 Å². The Morgan fingerprint density at radius 3 is 2.32 bits per heavy atom. The number of hydrogen-bond acceptors (Lipinski definition) is 4. The van der Waals surface area contributed by atoms with Gasteiger partial charge in [-0.25, -0.2) is 13.1 Å². The van der Waals surface area contributed by atoms with Crippen LogP contribution in [0, 0.1) is 5.92 Å². The second-order valence-corrected chi connectivity index (χ2v) is 9.58. The van der Waals surface area contributed by atoms with Crippen molar-refractivity contribution in [3.63, 3.8) is 0 Å². The van der Waals surface area contributed by atoms with Crippen LogP contribution in [0.1, 0.15) is 39.2 Å². The normalized spacial score (nSPS) is 17.6. The van der Waals surface area contributed by atoms with Crippen LogP contribution in [0.25, 0.3) is 0 Å². The number of rotatable bonds is 8. The van der Waals surface area contributed by atoms with Crippen molar-refractivity contribution in [3.8, 4) is 0 Å². The zero-order chi connectivity index (χ0) is 22.6. The molecule has 1 heterocycles. The highest BCUT2D eigenvalue weighted by Crippen LogP contribution is 2.26. The number of amides is 2. The Bertz CT molecular complexity index is 1030. The largest absolute Gasteiger partial charge is 0.326 e. The lowest BCUT2D eigenvalue weighted by molar-refractivity contribution is -0.122. The van der Waals surface area contributed by atoms with Crippen molar-refractivity contribution in [2.24, 2.45) is 5.92 Å². The molecule has 1 saturated heterocycles. The number of anilines is 2. The second kappa shape index (κ2) is 9.62. The van der Waals surface area contributed by atoms with E-state index in [1.165, 1.54) is 17.7 Å². The SMILES string of the molecule is CCc1ccc(N2C[C@@H](C(=O)Nc3ccc(S(=O)(=O)N[C@@H](C)CC)cc3)CC2=O)cc1. The molecule has 2 aromatic carbocycles. The van der Waals surface area contributed by atoms with Crippen molar-refractivity contribution < 1.29 is 18.0 Å². The van der Waals surface area contributed by atoms with Gasteiger partial charge in [0, 0.05) is 30.4 Å². The van der Waals surface area contributed by atoms with E-state index in [2.05, 4.69) is 17.0 Å².